The number of esters is 1. The monoisotopic (exact) mass is 455 g/mol. The molecular formula is C19H25N3O8S. The van der Waals surface area contributed by atoms with Gasteiger partial charge in [-0.2, -0.15) is 0 Å². The van der Waals surface area contributed by atoms with Crippen molar-refractivity contribution in [1.82, 2.24) is 10.6 Å². The van der Waals surface area contributed by atoms with Crippen molar-refractivity contribution in [2.75, 3.05) is 25.1 Å². The van der Waals surface area contributed by atoms with Crippen LogP contribution in [0.2, 0.25) is 0 Å². The number of carbonyl (C=O) groups excluding carboxylic acids is 5. The van der Waals surface area contributed by atoms with Crippen molar-refractivity contribution in [1.29, 1.82) is 0 Å². The molecule has 0 bridgehead atoms. The lowest BCUT2D eigenvalue weighted by Crippen LogP contribution is -2.40. The van der Waals surface area contributed by atoms with E-state index in [4.69, 9.17) is 4.74 Å². The molecule has 12 heteroatoms. The summed E-state index contributed by atoms with van der Waals surface area (Å²) < 4.78 is 14.3. The highest BCUT2D eigenvalue weighted by molar-refractivity contribution is 7.16. The number of anilines is 1. The number of imide groups is 2. The largest absolute Gasteiger partial charge is 0.462 e. The molecule has 1 aromatic rings. The highest BCUT2D eigenvalue weighted by atomic mass is 32.1. The molecule has 0 aromatic carbocycles. The molecule has 4 amide bonds. The summed E-state index contributed by atoms with van der Waals surface area (Å²) in [4.78, 5) is 61.0. The maximum atomic E-state index is 12.4. The zero-order valence-corrected chi connectivity index (χ0v) is 18.7. The minimum absolute atomic E-state index is 0.00207. The highest BCUT2D eigenvalue weighted by Gasteiger charge is 2.25. The zero-order valence-electron chi connectivity index (χ0n) is 17.9. The summed E-state index contributed by atoms with van der Waals surface area (Å²) in [5.41, 5.74) is 0.295. The lowest BCUT2D eigenvalue weighted by molar-refractivity contribution is -0.122. The lowest BCUT2D eigenvalue weighted by atomic mass is 10.1. The van der Waals surface area contributed by atoms with Crippen LogP contribution in [-0.2, 0) is 23.8 Å². The Morgan fingerprint density at radius 3 is 1.77 bits per heavy atom. The van der Waals surface area contributed by atoms with E-state index in [0.717, 1.165) is 11.1 Å². The molecule has 0 saturated carbocycles. The van der Waals surface area contributed by atoms with E-state index in [1.54, 1.807) is 20.8 Å². The van der Waals surface area contributed by atoms with E-state index in [2.05, 4.69) is 14.8 Å². The van der Waals surface area contributed by atoms with Crippen molar-refractivity contribution in [2.45, 2.75) is 34.6 Å². The summed E-state index contributed by atoms with van der Waals surface area (Å²) in [5.74, 6) is -2.83. The third-order valence-electron chi connectivity index (χ3n) is 3.68. The Balaban J connectivity index is 3.24. The van der Waals surface area contributed by atoms with Crippen LogP contribution in [0.5, 0.6) is 0 Å². The first-order valence-electron chi connectivity index (χ1n) is 9.36. The topological polar surface area (TPSA) is 149 Å². The van der Waals surface area contributed by atoms with Gasteiger partial charge in [-0.15, -0.1) is 11.3 Å². The summed E-state index contributed by atoms with van der Waals surface area (Å²) in [5, 5.41) is 6.77. The molecule has 0 saturated heterocycles. The maximum Gasteiger partial charge on any atom is 0.414 e. The van der Waals surface area contributed by atoms with Gasteiger partial charge >= 0.3 is 18.2 Å². The summed E-state index contributed by atoms with van der Waals surface area (Å²) in [6.45, 7) is 8.43. The number of hydrogen-bond donors (Lipinski definition) is 3. The number of alkyl carbamates (subject to hydrolysis) is 2. The van der Waals surface area contributed by atoms with E-state index < -0.39 is 35.5 Å². The van der Waals surface area contributed by atoms with Crippen LogP contribution >= 0.6 is 11.3 Å². The Morgan fingerprint density at radius 1 is 0.839 bits per heavy atom. The normalized spacial score (nSPS) is 9.84. The van der Waals surface area contributed by atoms with E-state index in [0.29, 0.717) is 10.6 Å². The number of aryl methyl sites for hydroxylation is 1. The Hall–Kier alpha value is -3.41. The lowest BCUT2D eigenvalue weighted by Gasteiger charge is -2.10. The highest BCUT2D eigenvalue weighted by Crippen LogP contribution is 2.33. The van der Waals surface area contributed by atoms with Crippen LogP contribution in [0.15, 0.2) is 11.8 Å². The molecule has 3 N–H and O–H groups in total. The Bertz CT molecular complexity index is 857. The second-order valence-corrected chi connectivity index (χ2v) is 6.98. The quantitative estimate of drug-likeness (QED) is 0.176. The third kappa shape index (κ3) is 7.41. The van der Waals surface area contributed by atoms with E-state index in [1.165, 1.54) is 25.2 Å². The summed E-state index contributed by atoms with van der Waals surface area (Å²) in [6.07, 6.45) is -1.17. The number of thiophene rings is 1. The first kappa shape index (κ1) is 25.6. The van der Waals surface area contributed by atoms with Crippen molar-refractivity contribution in [3.63, 3.8) is 0 Å². The van der Waals surface area contributed by atoms with Gasteiger partial charge in [0, 0.05) is 11.1 Å². The van der Waals surface area contributed by atoms with E-state index in [1.807, 2.05) is 10.6 Å². The van der Waals surface area contributed by atoms with E-state index >= 15 is 0 Å². The predicted octanol–water partition coefficient (Wildman–Crippen LogP) is 2.38. The van der Waals surface area contributed by atoms with Crippen molar-refractivity contribution < 1.29 is 38.2 Å². The fraction of sp³-hybridized carbons (Fsp3) is 0.421. The SMILES string of the molecule is CCOC(=O)NC(=O)C(=CNc1sc(C)c(C)c1C(=O)OCC)C(=O)NC(=O)OCC. The summed E-state index contributed by atoms with van der Waals surface area (Å²) in [7, 11) is 0. The second-order valence-electron chi connectivity index (χ2n) is 5.76. The molecule has 0 aliphatic heterocycles. The molecule has 0 radical (unpaired) electrons. The van der Waals surface area contributed by atoms with Crippen LogP contribution < -0.4 is 16.0 Å². The van der Waals surface area contributed by atoms with Gasteiger partial charge in [-0.25, -0.2) is 14.4 Å². The molecule has 1 heterocycles. The molecule has 1 aromatic heterocycles. The van der Waals surface area contributed by atoms with Crippen LogP contribution in [0.25, 0.3) is 0 Å². The van der Waals surface area contributed by atoms with Gasteiger partial charge in [0.15, 0.2) is 0 Å². The second kappa shape index (κ2) is 12.3. The minimum Gasteiger partial charge on any atom is -0.462 e. The smallest absolute Gasteiger partial charge is 0.414 e. The zero-order chi connectivity index (χ0) is 23.6. The average molecular weight is 455 g/mol. The summed E-state index contributed by atoms with van der Waals surface area (Å²) in [6, 6.07) is 0. The summed E-state index contributed by atoms with van der Waals surface area (Å²) >= 11 is 1.20. The van der Waals surface area contributed by atoms with Crippen molar-refractivity contribution >= 4 is 46.3 Å². The predicted molar refractivity (Wildman–Crippen MR) is 112 cm³/mol. The Morgan fingerprint density at radius 2 is 1.32 bits per heavy atom. The van der Waals surface area contributed by atoms with Gasteiger partial charge in [0.2, 0.25) is 0 Å². The molecule has 0 fully saturated rings. The fourth-order valence-electron chi connectivity index (χ4n) is 2.20. The van der Waals surface area contributed by atoms with Crippen LogP contribution in [0.3, 0.4) is 0 Å². The molecule has 31 heavy (non-hydrogen) atoms. The number of nitrogens with one attached hydrogen (secondary N) is 3. The molecular weight excluding hydrogens is 430 g/mol. The number of hydrogen-bond acceptors (Lipinski definition) is 10. The Kier molecular flexibility index (Phi) is 10.2. The number of amides is 4. The van der Waals surface area contributed by atoms with Gasteiger partial charge in [0.25, 0.3) is 11.8 Å². The van der Waals surface area contributed by atoms with Crippen LogP contribution in [0, 0.1) is 13.8 Å². The van der Waals surface area contributed by atoms with Crippen LogP contribution in [0.1, 0.15) is 41.6 Å². The van der Waals surface area contributed by atoms with Gasteiger partial charge < -0.3 is 19.5 Å². The molecule has 0 spiro atoms. The minimum atomic E-state index is -1.13. The number of ether oxygens (including phenoxy) is 3. The van der Waals surface area contributed by atoms with Gasteiger partial charge in [-0.05, 0) is 40.2 Å². The molecule has 0 atom stereocenters. The van der Waals surface area contributed by atoms with E-state index in [9.17, 15) is 24.0 Å². The average Bonchev–Trinajstić information content (AvgIpc) is 2.96. The Labute approximate surface area is 183 Å². The van der Waals surface area contributed by atoms with Crippen molar-refractivity contribution in [3.05, 3.63) is 27.8 Å². The molecule has 170 valence electrons. The van der Waals surface area contributed by atoms with Gasteiger partial charge in [0.05, 0.1) is 25.4 Å². The molecule has 11 nitrogen and oxygen atoms in total. The van der Waals surface area contributed by atoms with Crippen molar-refractivity contribution in [3.8, 4) is 0 Å². The first-order chi connectivity index (χ1) is 14.7. The fourth-order valence-corrected chi connectivity index (χ4v) is 3.22. The van der Waals surface area contributed by atoms with Crippen LogP contribution in [-0.4, -0.2) is 49.8 Å². The standard InChI is InChI=1S/C19H25N3O8S/c1-6-28-17(25)13-10(4)11(5)31-16(13)20-9-12(14(23)21-18(26)29-7-2)15(24)22-19(27)30-8-3/h9,20H,6-8H2,1-5H3,(H,21,23,26)(H,22,24,27). The molecule has 0 unspecified atom stereocenters. The first-order valence-corrected chi connectivity index (χ1v) is 10.2. The van der Waals surface area contributed by atoms with Gasteiger partial charge in [-0.1, -0.05) is 0 Å². The maximum absolute atomic E-state index is 12.4. The van der Waals surface area contributed by atoms with Gasteiger partial charge in [-0.3, -0.25) is 20.2 Å². The molecule has 0 aliphatic carbocycles. The third-order valence-corrected chi connectivity index (χ3v) is 4.82. The number of rotatable bonds is 8. The number of carbonyl (C=O) groups is 5. The molecule has 0 aliphatic rings. The van der Waals surface area contributed by atoms with Crippen molar-refractivity contribution in [2.24, 2.45) is 0 Å². The molecule has 1 rings (SSSR count). The van der Waals surface area contributed by atoms with Gasteiger partial charge in [0.1, 0.15) is 10.6 Å². The van der Waals surface area contributed by atoms with E-state index in [-0.39, 0.29) is 25.4 Å². The van der Waals surface area contributed by atoms with Crippen LogP contribution in [0.4, 0.5) is 14.6 Å².